The Bertz CT molecular complexity index is 566. The van der Waals surface area contributed by atoms with Crippen molar-refractivity contribution < 1.29 is 31.5 Å². The second kappa shape index (κ2) is 12.3. The minimum Gasteiger partial charge on any atom is -0.377 e. The molecular formula is C18H23F5O2S. The molecule has 0 unspecified atom stereocenters. The van der Waals surface area contributed by atoms with Crippen LogP contribution in [0.2, 0.25) is 0 Å². The van der Waals surface area contributed by atoms with E-state index in [1.54, 1.807) is 6.92 Å². The first-order chi connectivity index (χ1) is 12.4. The van der Waals surface area contributed by atoms with Gasteiger partial charge in [-0.2, -0.15) is 0 Å². The van der Waals surface area contributed by atoms with Crippen molar-refractivity contribution in [3.05, 3.63) is 34.6 Å². The number of ether oxygens (including phenoxy) is 1. The molecule has 0 atom stereocenters. The molecule has 0 aliphatic heterocycles. The van der Waals surface area contributed by atoms with Crippen molar-refractivity contribution in [2.75, 3.05) is 12.4 Å². The minimum atomic E-state index is -2.16. The van der Waals surface area contributed by atoms with Crippen LogP contribution in [0.25, 0.3) is 0 Å². The maximum Gasteiger partial charge on any atom is 0.200 e. The zero-order valence-electron chi connectivity index (χ0n) is 14.7. The summed E-state index contributed by atoms with van der Waals surface area (Å²) in [5.41, 5.74) is -0.940. The Labute approximate surface area is 154 Å². The van der Waals surface area contributed by atoms with E-state index in [1.165, 1.54) is 11.8 Å². The number of carbonyl (C=O) groups excluding carboxylic acids is 1. The van der Waals surface area contributed by atoms with Crippen molar-refractivity contribution >= 4 is 16.9 Å². The highest BCUT2D eigenvalue weighted by Crippen LogP contribution is 2.23. The second-order valence-electron chi connectivity index (χ2n) is 5.92. The van der Waals surface area contributed by atoms with E-state index in [2.05, 4.69) is 0 Å². The van der Waals surface area contributed by atoms with Gasteiger partial charge >= 0.3 is 0 Å². The Hall–Kier alpha value is -1.15. The van der Waals surface area contributed by atoms with Crippen molar-refractivity contribution in [1.82, 2.24) is 0 Å². The molecule has 1 aromatic carbocycles. The summed E-state index contributed by atoms with van der Waals surface area (Å²) >= 11 is 1.33. The third kappa shape index (κ3) is 7.61. The minimum absolute atomic E-state index is 0.135. The smallest absolute Gasteiger partial charge is 0.200 e. The molecule has 8 heteroatoms. The van der Waals surface area contributed by atoms with Crippen molar-refractivity contribution in [2.24, 2.45) is 0 Å². The zero-order chi connectivity index (χ0) is 19.5. The Kier molecular flexibility index (Phi) is 10.8. The predicted molar refractivity (Wildman–Crippen MR) is 91.3 cm³/mol. The van der Waals surface area contributed by atoms with Gasteiger partial charge in [-0.15, -0.1) is 0 Å². The van der Waals surface area contributed by atoms with Crippen molar-refractivity contribution in [3.63, 3.8) is 0 Å². The Morgan fingerprint density at radius 2 is 1.23 bits per heavy atom. The first kappa shape index (κ1) is 22.9. The molecule has 0 heterocycles. The fraction of sp³-hybridized carbons (Fsp3) is 0.611. The molecule has 148 valence electrons. The average molecular weight is 398 g/mol. The summed E-state index contributed by atoms with van der Waals surface area (Å²) in [4.78, 5) is 10.7. The predicted octanol–water partition coefficient (Wildman–Crippen LogP) is 5.91. The number of hydrogen-bond acceptors (Lipinski definition) is 3. The van der Waals surface area contributed by atoms with Crippen LogP contribution < -0.4 is 0 Å². The van der Waals surface area contributed by atoms with Gasteiger partial charge in [0.05, 0.1) is 12.2 Å². The normalized spacial score (nSPS) is 11.2. The lowest BCUT2D eigenvalue weighted by Crippen LogP contribution is -2.09. The fourth-order valence-corrected chi connectivity index (χ4v) is 2.99. The van der Waals surface area contributed by atoms with Crippen LogP contribution in [0.3, 0.4) is 0 Å². The van der Waals surface area contributed by atoms with Crippen LogP contribution in [0, 0.1) is 29.1 Å². The molecule has 1 aromatic rings. The molecule has 0 N–H and O–H groups in total. The zero-order valence-corrected chi connectivity index (χ0v) is 15.5. The molecule has 0 aliphatic rings. The lowest BCUT2D eigenvalue weighted by atomic mass is 10.1. The van der Waals surface area contributed by atoms with Gasteiger partial charge in [-0.3, -0.25) is 4.79 Å². The first-order valence-corrected chi connectivity index (χ1v) is 9.56. The van der Waals surface area contributed by atoms with Crippen LogP contribution in [0.15, 0.2) is 0 Å². The lowest BCUT2D eigenvalue weighted by Gasteiger charge is -2.09. The van der Waals surface area contributed by atoms with Gasteiger partial charge in [0, 0.05) is 19.3 Å². The number of halogens is 5. The van der Waals surface area contributed by atoms with Gasteiger partial charge in [-0.1, -0.05) is 43.9 Å². The van der Waals surface area contributed by atoms with Gasteiger partial charge in [0.15, 0.2) is 28.4 Å². The second-order valence-corrected chi connectivity index (χ2v) is 7.19. The molecule has 0 aromatic heterocycles. The van der Waals surface area contributed by atoms with E-state index in [-0.39, 0.29) is 11.7 Å². The molecule has 0 radical (unpaired) electrons. The summed E-state index contributed by atoms with van der Waals surface area (Å²) in [5.74, 6) is -8.91. The quantitative estimate of drug-likeness (QED) is 0.190. The standard InChI is InChI=1S/C18H23F5O2S/c1-12(24)26-10-8-6-4-2-3-5-7-9-25-11-13-14(19)16(21)18(23)17(22)15(13)20/h2-11H2,1H3. The molecule has 0 spiro atoms. The molecule has 2 nitrogen and oxygen atoms in total. The molecular weight excluding hydrogens is 375 g/mol. The maximum absolute atomic E-state index is 13.4. The molecule has 0 bridgehead atoms. The number of hydrogen-bond donors (Lipinski definition) is 0. The SMILES string of the molecule is CC(=O)SCCCCCCCCCOCc1c(F)c(F)c(F)c(F)c1F. The van der Waals surface area contributed by atoms with E-state index in [4.69, 9.17) is 4.74 Å². The summed E-state index contributed by atoms with van der Waals surface area (Å²) < 4.78 is 70.9. The molecule has 26 heavy (non-hydrogen) atoms. The van der Waals surface area contributed by atoms with Crippen LogP contribution in [0.1, 0.15) is 57.4 Å². The summed E-state index contributed by atoms with van der Waals surface area (Å²) in [6.45, 7) is 1.09. The van der Waals surface area contributed by atoms with Crippen molar-refractivity contribution in [1.29, 1.82) is 0 Å². The summed E-state index contributed by atoms with van der Waals surface area (Å²) in [5, 5.41) is 0.135. The third-order valence-corrected chi connectivity index (χ3v) is 4.68. The molecule has 1 rings (SSSR count). The first-order valence-electron chi connectivity index (χ1n) is 8.57. The van der Waals surface area contributed by atoms with Gasteiger partial charge < -0.3 is 4.74 Å². The molecule has 0 saturated heterocycles. The monoisotopic (exact) mass is 398 g/mol. The number of carbonyl (C=O) groups is 1. The van der Waals surface area contributed by atoms with E-state index < -0.39 is 41.3 Å². The summed E-state index contributed by atoms with van der Waals surface area (Å²) in [6, 6.07) is 0. The van der Waals surface area contributed by atoms with E-state index in [1.807, 2.05) is 0 Å². The molecule has 0 aliphatic carbocycles. The summed E-state index contributed by atoms with van der Waals surface area (Å²) in [7, 11) is 0. The van der Waals surface area contributed by atoms with E-state index in [0.29, 0.717) is 6.42 Å². The van der Waals surface area contributed by atoms with E-state index in [0.717, 1.165) is 44.3 Å². The van der Waals surface area contributed by atoms with Gasteiger partial charge in [0.2, 0.25) is 5.82 Å². The van der Waals surface area contributed by atoms with Gasteiger partial charge in [0.25, 0.3) is 0 Å². The topological polar surface area (TPSA) is 26.3 Å². The van der Waals surface area contributed by atoms with Crippen LogP contribution in [-0.4, -0.2) is 17.5 Å². The largest absolute Gasteiger partial charge is 0.377 e. The fourth-order valence-electron chi connectivity index (χ4n) is 2.36. The lowest BCUT2D eigenvalue weighted by molar-refractivity contribution is -0.109. The Morgan fingerprint density at radius 3 is 1.77 bits per heavy atom. The maximum atomic E-state index is 13.4. The van der Waals surface area contributed by atoms with Crippen molar-refractivity contribution in [3.8, 4) is 0 Å². The van der Waals surface area contributed by atoms with Gasteiger partial charge in [-0.05, 0) is 12.8 Å². The highest BCUT2D eigenvalue weighted by atomic mass is 32.2. The van der Waals surface area contributed by atoms with Gasteiger partial charge in [0.1, 0.15) is 0 Å². The van der Waals surface area contributed by atoms with Crippen LogP contribution in [0.5, 0.6) is 0 Å². The van der Waals surface area contributed by atoms with Crippen molar-refractivity contribution in [2.45, 2.75) is 58.5 Å². The van der Waals surface area contributed by atoms with Crippen LogP contribution >= 0.6 is 11.8 Å². The van der Waals surface area contributed by atoms with Gasteiger partial charge in [-0.25, -0.2) is 22.0 Å². The Morgan fingerprint density at radius 1 is 0.769 bits per heavy atom. The summed E-state index contributed by atoms with van der Waals surface area (Å²) in [6.07, 6.45) is 6.68. The highest BCUT2D eigenvalue weighted by Gasteiger charge is 2.25. The number of unbranched alkanes of at least 4 members (excludes halogenated alkanes) is 6. The van der Waals surface area contributed by atoms with Crippen LogP contribution in [0.4, 0.5) is 22.0 Å². The molecule has 0 fully saturated rings. The third-order valence-electron chi connectivity index (χ3n) is 3.79. The molecule has 0 saturated carbocycles. The number of thioether (sulfide) groups is 1. The van der Waals surface area contributed by atoms with E-state index in [9.17, 15) is 26.7 Å². The number of benzene rings is 1. The molecule has 0 amide bonds. The number of rotatable bonds is 12. The van der Waals surface area contributed by atoms with Crippen LogP contribution in [-0.2, 0) is 16.1 Å². The Balaban J connectivity index is 2.12. The highest BCUT2D eigenvalue weighted by molar-refractivity contribution is 8.13. The average Bonchev–Trinajstić information content (AvgIpc) is 2.61. The van der Waals surface area contributed by atoms with E-state index >= 15 is 0 Å².